The van der Waals surface area contributed by atoms with Crippen LogP contribution in [-0.2, 0) is 16.1 Å². The van der Waals surface area contributed by atoms with Crippen molar-refractivity contribution in [2.75, 3.05) is 13.2 Å². The SMILES string of the molecule is CCCCOC(=O)N[C@]1(C)CCCCN1C(=O)OCc1ccccc1. The van der Waals surface area contributed by atoms with Crippen LogP contribution in [0.3, 0.4) is 0 Å². The molecule has 1 atom stereocenters. The van der Waals surface area contributed by atoms with Crippen molar-refractivity contribution in [3.05, 3.63) is 35.9 Å². The zero-order valence-electron chi connectivity index (χ0n) is 15.1. The third-order valence-electron chi connectivity index (χ3n) is 4.42. The van der Waals surface area contributed by atoms with E-state index in [9.17, 15) is 9.59 Å². The van der Waals surface area contributed by atoms with Gasteiger partial charge < -0.3 is 9.47 Å². The van der Waals surface area contributed by atoms with Gasteiger partial charge in [-0.3, -0.25) is 10.2 Å². The average molecular weight is 348 g/mol. The Morgan fingerprint density at radius 3 is 2.68 bits per heavy atom. The Kier molecular flexibility index (Phi) is 7.10. The van der Waals surface area contributed by atoms with Crippen LogP contribution in [0.2, 0.25) is 0 Å². The zero-order chi connectivity index (χ0) is 18.1. The summed E-state index contributed by atoms with van der Waals surface area (Å²) in [6, 6.07) is 9.54. The molecule has 0 spiro atoms. The topological polar surface area (TPSA) is 67.9 Å². The summed E-state index contributed by atoms with van der Waals surface area (Å²) >= 11 is 0. The third-order valence-corrected chi connectivity index (χ3v) is 4.42. The Hall–Kier alpha value is -2.24. The Balaban J connectivity index is 1.93. The van der Waals surface area contributed by atoms with E-state index < -0.39 is 17.8 Å². The Labute approximate surface area is 149 Å². The van der Waals surface area contributed by atoms with Gasteiger partial charge in [0.15, 0.2) is 0 Å². The molecule has 0 aromatic heterocycles. The van der Waals surface area contributed by atoms with Gasteiger partial charge in [0.1, 0.15) is 12.3 Å². The van der Waals surface area contributed by atoms with Gasteiger partial charge in [0.05, 0.1) is 6.61 Å². The molecule has 6 heteroatoms. The number of likely N-dealkylation sites (tertiary alicyclic amines) is 1. The molecule has 0 bridgehead atoms. The fraction of sp³-hybridized carbons (Fsp3) is 0.579. The number of nitrogens with one attached hydrogen (secondary N) is 1. The van der Waals surface area contributed by atoms with Crippen LogP contribution < -0.4 is 5.32 Å². The molecule has 0 saturated carbocycles. The summed E-state index contributed by atoms with van der Waals surface area (Å²) in [6.45, 7) is 5.04. The lowest BCUT2D eigenvalue weighted by molar-refractivity contribution is 0.0135. The van der Waals surface area contributed by atoms with Crippen molar-refractivity contribution in [3.63, 3.8) is 0 Å². The minimum Gasteiger partial charge on any atom is -0.450 e. The quantitative estimate of drug-likeness (QED) is 0.788. The molecule has 1 saturated heterocycles. The molecule has 1 aliphatic rings. The second-order valence-corrected chi connectivity index (χ2v) is 6.54. The molecule has 1 heterocycles. The highest BCUT2D eigenvalue weighted by Crippen LogP contribution is 2.26. The van der Waals surface area contributed by atoms with Crippen molar-refractivity contribution in [3.8, 4) is 0 Å². The summed E-state index contributed by atoms with van der Waals surface area (Å²) in [5.41, 5.74) is 0.150. The number of rotatable bonds is 6. The molecule has 2 rings (SSSR count). The number of hydrogen-bond donors (Lipinski definition) is 1. The van der Waals surface area contributed by atoms with Gasteiger partial charge >= 0.3 is 12.2 Å². The first kappa shape index (κ1) is 19.1. The smallest absolute Gasteiger partial charge is 0.411 e. The lowest BCUT2D eigenvalue weighted by Crippen LogP contribution is -2.62. The van der Waals surface area contributed by atoms with E-state index in [2.05, 4.69) is 5.32 Å². The highest BCUT2D eigenvalue weighted by atomic mass is 16.6. The van der Waals surface area contributed by atoms with Crippen molar-refractivity contribution in [1.82, 2.24) is 10.2 Å². The molecule has 25 heavy (non-hydrogen) atoms. The second kappa shape index (κ2) is 9.30. The van der Waals surface area contributed by atoms with Crippen molar-refractivity contribution >= 4 is 12.2 Å². The highest BCUT2D eigenvalue weighted by molar-refractivity contribution is 5.72. The molecule has 0 aliphatic carbocycles. The highest BCUT2D eigenvalue weighted by Gasteiger charge is 2.40. The Morgan fingerprint density at radius 2 is 1.96 bits per heavy atom. The summed E-state index contributed by atoms with van der Waals surface area (Å²) in [4.78, 5) is 26.2. The summed E-state index contributed by atoms with van der Waals surface area (Å²) in [6.07, 6.45) is 3.39. The largest absolute Gasteiger partial charge is 0.450 e. The lowest BCUT2D eigenvalue weighted by Gasteiger charge is -2.43. The van der Waals surface area contributed by atoms with Gasteiger partial charge in [-0.15, -0.1) is 0 Å². The van der Waals surface area contributed by atoms with Gasteiger partial charge in [0, 0.05) is 6.54 Å². The van der Waals surface area contributed by atoms with Gasteiger partial charge in [0.2, 0.25) is 0 Å². The van der Waals surface area contributed by atoms with Crippen LogP contribution in [0.25, 0.3) is 0 Å². The van der Waals surface area contributed by atoms with Crippen LogP contribution in [0.1, 0.15) is 51.5 Å². The summed E-state index contributed by atoms with van der Waals surface area (Å²) < 4.78 is 10.6. The first-order valence-electron chi connectivity index (χ1n) is 8.98. The molecule has 0 radical (unpaired) electrons. The van der Waals surface area contributed by atoms with E-state index in [0.717, 1.165) is 31.2 Å². The van der Waals surface area contributed by atoms with E-state index in [1.807, 2.05) is 44.2 Å². The number of piperidine rings is 1. The van der Waals surface area contributed by atoms with E-state index in [1.54, 1.807) is 4.90 Å². The predicted molar refractivity (Wildman–Crippen MR) is 95.0 cm³/mol. The molecule has 0 unspecified atom stereocenters. The maximum absolute atomic E-state index is 12.5. The summed E-state index contributed by atoms with van der Waals surface area (Å²) in [7, 11) is 0. The van der Waals surface area contributed by atoms with E-state index >= 15 is 0 Å². The molecular weight excluding hydrogens is 320 g/mol. The molecule has 1 fully saturated rings. The minimum atomic E-state index is -0.782. The number of carbonyl (C=O) groups is 2. The van der Waals surface area contributed by atoms with Crippen molar-refractivity contribution in [1.29, 1.82) is 0 Å². The third kappa shape index (κ3) is 5.66. The minimum absolute atomic E-state index is 0.215. The number of amides is 2. The summed E-state index contributed by atoms with van der Waals surface area (Å²) in [5.74, 6) is 0. The predicted octanol–water partition coefficient (Wildman–Crippen LogP) is 4.05. The number of carbonyl (C=O) groups excluding carboxylic acids is 2. The summed E-state index contributed by atoms with van der Waals surface area (Å²) in [5, 5.41) is 2.85. The van der Waals surface area contributed by atoms with Crippen molar-refractivity contribution < 1.29 is 19.1 Å². The first-order valence-corrected chi connectivity index (χ1v) is 8.98. The van der Waals surface area contributed by atoms with Gasteiger partial charge in [-0.2, -0.15) is 0 Å². The van der Waals surface area contributed by atoms with E-state index in [-0.39, 0.29) is 6.61 Å². The van der Waals surface area contributed by atoms with Crippen LogP contribution >= 0.6 is 0 Å². The Bertz CT molecular complexity index is 564. The molecule has 1 aliphatic heterocycles. The van der Waals surface area contributed by atoms with Gasteiger partial charge in [-0.25, -0.2) is 9.59 Å². The number of benzene rings is 1. The van der Waals surface area contributed by atoms with Crippen LogP contribution in [0.15, 0.2) is 30.3 Å². The number of ether oxygens (including phenoxy) is 2. The van der Waals surface area contributed by atoms with Crippen LogP contribution in [0.5, 0.6) is 0 Å². The molecule has 1 aromatic rings. The lowest BCUT2D eigenvalue weighted by atomic mass is 9.97. The molecule has 1 aromatic carbocycles. The Morgan fingerprint density at radius 1 is 1.20 bits per heavy atom. The van der Waals surface area contributed by atoms with E-state index in [1.165, 1.54) is 0 Å². The first-order chi connectivity index (χ1) is 12.0. The van der Waals surface area contributed by atoms with E-state index in [0.29, 0.717) is 19.6 Å². The number of unbranched alkanes of at least 4 members (excludes halogenated alkanes) is 1. The molecular formula is C19H28N2O4. The van der Waals surface area contributed by atoms with Crippen molar-refractivity contribution in [2.24, 2.45) is 0 Å². The molecule has 1 N–H and O–H groups in total. The van der Waals surface area contributed by atoms with Gasteiger partial charge in [0.25, 0.3) is 0 Å². The van der Waals surface area contributed by atoms with Crippen LogP contribution in [0.4, 0.5) is 9.59 Å². The van der Waals surface area contributed by atoms with Gasteiger partial charge in [-0.1, -0.05) is 43.7 Å². The van der Waals surface area contributed by atoms with Crippen molar-refractivity contribution in [2.45, 2.75) is 58.2 Å². The fourth-order valence-electron chi connectivity index (χ4n) is 2.91. The molecule has 6 nitrogen and oxygen atoms in total. The van der Waals surface area contributed by atoms with Crippen LogP contribution in [0, 0.1) is 0 Å². The zero-order valence-corrected chi connectivity index (χ0v) is 15.1. The standard InChI is InChI=1S/C19H28N2O4/c1-3-4-14-24-17(22)20-19(2)12-8-9-13-21(19)18(23)25-15-16-10-6-5-7-11-16/h5-7,10-11H,3-4,8-9,12-15H2,1-2H3,(H,20,22)/t19-/m0/s1. The average Bonchev–Trinajstić information content (AvgIpc) is 2.61. The van der Waals surface area contributed by atoms with Gasteiger partial charge in [-0.05, 0) is 38.2 Å². The molecule has 138 valence electrons. The second-order valence-electron chi connectivity index (χ2n) is 6.54. The normalized spacial score (nSPS) is 20.0. The monoisotopic (exact) mass is 348 g/mol. The van der Waals surface area contributed by atoms with E-state index in [4.69, 9.17) is 9.47 Å². The van der Waals surface area contributed by atoms with Crippen LogP contribution in [-0.4, -0.2) is 35.9 Å². The number of alkyl carbamates (subject to hydrolysis) is 1. The maximum atomic E-state index is 12.5. The number of nitrogens with zero attached hydrogens (tertiary/aromatic N) is 1. The number of hydrogen-bond acceptors (Lipinski definition) is 4. The maximum Gasteiger partial charge on any atom is 0.411 e. The molecule has 2 amide bonds. The fourth-order valence-corrected chi connectivity index (χ4v) is 2.91.